The van der Waals surface area contributed by atoms with Crippen LogP contribution in [0.25, 0.3) is 0 Å². The predicted molar refractivity (Wildman–Crippen MR) is 76.0 cm³/mol. The molecule has 1 saturated heterocycles. The number of carbonyl (C=O) groups excluding carboxylic acids is 1. The Morgan fingerprint density at radius 3 is 2.22 bits per heavy atom. The van der Waals surface area contributed by atoms with Crippen molar-refractivity contribution in [2.75, 3.05) is 0 Å². The first-order chi connectivity index (χ1) is 7.87. The quantitative estimate of drug-likeness (QED) is 0.567. The zero-order valence-electron chi connectivity index (χ0n) is 13.1. The Bertz CT molecular complexity index is 328. The molecule has 2 atom stereocenters. The van der Waals surface area contributed by atoms with Gasteiger partial charge in [-0.15, -0.1) is 0 Å². The minimum atomic E-state index is -1.84. The minimum Gasteiger partial charge on any atom is -0.457 e. The van der Waals surface area contributed by atoms with Crippen LogP contribution < -0.4 is 0 Å². The molecule has 18 heavy (non-hydrogen) atoms. The van der Waals surface area contributed by atoms with Crippen molar-refractivity contribution < 1.29 is 14.0 Å². The first-order valence-electron chi connectivity index (χ1n) is 6.76. The summed E-state index contributed by atoms with van der Waals surface area (Å²) in [4.78, 5) is 11.5. The van der Waals surface area contributed by atoms with Gasteiger partial charge in [0, 0.05) is 0 Å². The van der Waals surface area contributed by atoms with E-state index in [1.165, 1.54) is 0 Å². The van der Waals surface area contributed by atoms with Crippen LogP contribution in [0.1, 0.15) is 48.0 Å². The van der Waals surface area contributed by atoms with E-state index in [9.17, 15) is 4.79 Å². The normalized spacial score (nSPS) is 29.0. The van der Waals surface area contributed by atoms with Crippen molar-refractivity contribution in [3.05, 3.63) is 0 Å². The van der Waals surface area contributed by atoms with Crippen LogP contribution in [0.4, 0.5) is 0 Å². The van der Waals surface area contributed by atoms with Crippen molar-refractivity contribution in [1.29, 1.82) is 0 Å². The van der Waals surface area contributed by atoms with E-state index < -0.39 is 13.9 Å². The van der Waals surface area contributed by atoms with Crippen molar-refractivity contribution in [3.63, 3.8) is 0 Å². The molecule has 1 heterocycles. The van der Waals surface area contributed by atoms with Gasteiger partial charge in [0.25, 0.3) is 0 Å². The molecule has 0 unspecified atom stereocenters. The highest BCUT2D eigenvalue weighted by molar-refractivity contribution is 6.74. The summed E-state index contributed by atoms with van der Waals surface area (Å²) in [6.45, 7) is 17.2. The van der Waals surface area contributed by atoms with Gasteiger partial charge >= 0.3 is 5.97 Å². The minimum absolute atomic E-state index is 0.00362. The molecule has 1 fully saturated rings. The van der Waals surface area contributed by atoms with Crippen LogP contribution in [0.5, 0.6) is 0 Å². The van der Waals surface area contributed by atoms with Gasteiger partial charge < -0.3 is 9.16 Å². The molecule has 0 radical (unpaired) electrons. The van der Waals surface area contributed by atoms with E-state index in [1.54, 1.807) is 0 Å². The lowest BCUT2D eigenvalue weighted by atomic mass is 9.86. The van der Waals surface area contributed by atoms with Gasteiger partial charge in [-0.1, -0.05) is 27.7 Å². The monoisotopic (exact) mass is 272 g/mol. The maximum absolute atomic E-state index is 11.5. The van der Waals surface area contributed by atoms with Crippen LogP contribution in [0.15, 0.2) is 0 Å². The van der Waals surface area contributed by atoms with Gasteiger partial charge in [0.15, 0.2) is 8.32 Å². The molecule has 0 amide bonds. The lowest BCUT2D eigenvalue weighted by Crippen LogP contribution is -2.56. The number of ether oxygens (including phenoxy) is 1. The van der Waals surface area contributed by atoms with Crippen LogP contribution in [0.2, 0.25) is 18.1 Å². The summed E-state index contributed by atoms with van der Waals surface area (Å²) in [5.41, 5.74) is -0.524. The number of esters is 1. The highest BCUT2D eigenvalue weighted by Crippen LogP contribution is 2.42. The zero-order chi connectivity index (χ0) is 14.4. The lowest BCUT2D eigenvalue weighted by Gasteiger charge is -2.48. The van der Waals surface area contributed by atoms with Gasteiger partial charge in [0.1, 0.15) is 5.60 Å². The molecule has 106 valence electrons. The Kier molecular flexibility index (Phi) is 4.05. The van der Waals surface area contributed by atoms with E-state index in [4.69, 9.17) is 9.16 Å². The van der Waals surface area contributed by atoms with Crippen LogP contribution >= 0.6 is 0 Å². The first-order valence-corrected chi connectivity index (χ1v) is 9.67. The number of hydrogen-bond donors (Lipinski definition) is 0. The maximum Gasteiger partial charge on any atom is 0.306 e. The number of hydrogen-bond acceptors (Lipinski definition) is 3. The SMILES string of the molecule is C[C@H]1CC(=O)OC(C)(C)[C@H]1O[Si](C)(C)C(C)(C)C. The Morgan fingerprint density at radius 2 is 1.83 bits per heavy atom. The number of cyclic esters (lactones) is 1. The molecule has 1 aliphatic heterocycles. The Morgan fingerprint density at radius 1 is 1.33 bits per heavy atom. The molecule has 0 aromatic rings. The highest BCUT2D eigenvalue weighted by Gasteiger charge is 2.48. The fourth-order valence-corrected chi connectivity index (χ4v) is 3.71. The summed E-state index contributed by atoms with van der Waals surface area (Å²) in [6, 6.07) is 0. The zero-order valence-corrected chi connectivity index (χ0v) is 14.1. The molecule has 0 saturated carbocycles. The van der Waals surface area contributed by atoms with Gasteiger partial charge in [-0.05, 0) is 37.9 Å². The lowest BCUT2D eigenvalue weighted by molar-refractivity contribution is -0.185. The van der Waals surface area contributed by atoms with Gasteiger partial charge in [0.05, 0.1) is 12.5 Å². The second-order valence-electron chi connectivity index (χ2n) is 7.56. The van der Waals surface area contributed by atoms with Crippen molar-refractivity contribution in [2.24, 2.45) is 5.92 Å². The average Bonchev–Trinajstić information content (AvgIpc) is 2.08. The van der Waals surface area contributed by atoms with E-state index >= 15 is 0 Å². The molecular formula is C14H28O3Si. The van der Waals surface area contributed by atoms with Gasteiger partial charge in [-0.2, -0.15) is 0 Å². The molecule has 4 heteroatoms. The van der Waals surface area contributed by atoms with Crippen LogP contribution in [0, 0.1) is 5.92 Å². The standard InChI is InChI=1S/C14H28O3Si/c1-10-9-11(15)16-14(5,6)12(10)17-18(7,8)13(2,3)4/h10,12H,9H2,1-8H3/t10-,12-/m0/s1. The Labute approximate surface area is 112 Å². The smallest absolute Gasteiger partial charge is 0.306 e. The summed E-state index contributed by atoms with van der Waals surface area (Å²) in [5.74, 6) is 0.109. The highest BCUT2D eigenvalue weighted by atomic mass is 28.4. The summed E-state index contributed by atoms with van der Waals surface area (Å²) >= 11 is 0. The molecule has 0 bridgehead atoms. The number of rotatable bonds is 2. The van der Waals surface area contributed by atoms with Crippen molar-refractivity contribution in [3.8, 4) is 0 Å². The average molecular weight is 272 g/mol. The van der Waals surface area contributed by atoms with Crippen molar-refractivity contribution in [2.45, 2.75) is 77.8 Å². The molecule has 3 nitrogen and oxygen atoms in total. The molecule has 0 aliphatic carbocycles. The van der Waals surface area contributed by atoms with Crippen molar-refractivity contribution in [1.82, 2.24) is 0 Å². The molecular weight excluding hydrogens is 244 g/mol. The first kappa shape index (κ1) is 15.7. The third kappa shape index (κ3) is 3.15. The van der Waals surface area contributed by atoms with Crippen LogP contribution in [-0.4, -0.2) is 26.0 Å². The molecule has 1 aliphatic rings. The van der Waals surface area contributed by atoms with Crippen LogP contribution in [0.3, 0.4) is 0 Å². The van der Waals surface area contributed by atoms with Gasteiger partial charge in [-0.25, -0.2) is 0 Å². The fourth-order valence-electron chi connectivity index (χ4n) is 2.20. The third-order valence-corrected chi connectivity index (χ3v) is 8.75. The molecule has 1 rings (SSSR count). The Balaban J connectivity index is 2.92. The molecule has 0 aromatic heterocycles. The van der Waals surface area contributed by atoms with E-state index in [2.05, 4.69) is 40.8 Å². The summed E-state index contributed by atoms with van der Waals surface area (Å²) < 4.78 is 12.0. The summed E-state index contributed by atoms with van der Waals surface area (Å²) in [7, 11) is -1.84. The Hall–Kier alpha value is -0.353. The number of carbonyl (C=O) groups is 1. The fraction of sp³-hybridized carbons (Fsp3) is 0.929. The van der Waals surface area contributed by atoms with Crippen molar-refractivity contribution >= 4 is 14.3 Å². The molecule has 0 N–H and O–H groups in total. The molecule has 0 aromatic carbocycles. The second-order valence-corrected chi connectivity index (χ2v) is 12.3. The van der Waals surface area contributed by atoms with E-state index in [0.29, 0.717) is 6.42 Å². The summed E-state index contributed by atoms with van der Waals surface area (Å²) in [6.07, 6.45) is 0.457. The van der Waals surface area contributed by atoms with E-state index in [-0.39, 0.29) is 23.0 Å². The predicted octanol–water partition coefficient (Wildman–Crippen LogP) is 3.74. The van der Waals surface area contributed by atoms with E-state index in [1.807, 2.05) is 13.8 Å². The van der Waals surface area contributed by atoms with Crippen LogP contribution in [-0.2, 0) is 14.0 Å². The summed E-state index contributed by atoms with van der Waals surface area (Å²) in [5, 5.41) is 0.171. The van der Waals surface area contributed by atoms with Gasteiger partial charge in [0.2, 0.25) is 0 Å². The van der Waals surface area contributed by atoms with E-state index in [0.717, 1.165) is 0 Å². The maximum atomic E-state index is 11.5. The topological polar surface area (TPSA) is 35.5 Å². The van der Waals surface area contributed by atoms with Gasteiger partial charge in [-0.3, -0.25) is 4.79 Å². The molecule has 0 spiro atoms. The third-order valence-electron chi connectivity index (χ3n) is 4.30. The second kappa shape index (κ2) is 4.64. The largest absolute Gasteiger partial charge is 0.457 e.